The molecule has 1 rings (SSSR count). The average molecular weight is 216 g/mol. The van der Waals surface area contributed by atoms with Crippen LogP contribution in [0.25, 0.3) is 0 Å². The molecule has 4 heteroatoms. The van der Waals surface area contributed by atoms with Gasteiger partial charge in [-0.1, -0.05) is 19.9 Å². The number of hydrogen-bond acceptors (Lipinski definition) is 4. The van der Waals surface area contributed by atoms with Crippen LogP contribution in [0.15, 0.2) is 22.1 Å². The highest BCUT2D eigenvalue weighted by Gasteiger charge is 2.07. The van der Waals surface area contributed by atoms with Gasteiger partial charge >= 0.3 is 0 Å². The Balaban J connectivity index is 3.45. The Morgan fingerprint density at radius 1 is 0.938 bits per heavy atom. The van der Waals surface area contributed by atoms with Crippen molar-refractivity contribution in [2.24, 2.45) is 9.98 Å². The van der Waals surface area contributed by atoms with E-state index in [1.54, 1.807) is 6.07 Å². The lowest BCUT2D eigenvalue weighted by molar-refractivity contribution is 0.564. The van der Waals surface area contributed by atoms with Gasteiger partial charge in [0, 0.05) is 0 Å². The Hall–Kier alpha value is -2.02. The van der Waals surface area contributed by atoms with E-state index in [9.17, 15) is 9.59 Å². The molecule has 0 aromatic heterocycles. The van der Waals surface area contributed by atoms with Gasteiger partial charge < -0.3 is 0 Å². The Bertz CT molecular complexity index is 441. The van der Waals surface area contributed by atoms with E-state index in [-0.39, 0.29) is 0 Å². The van der Waals surface area contributed by atoms with E-state index in [1.807, 2.05) is 19.9 Å². The number of benzene rings is 1. The fourth-order valence-corrected chi connectivity index (χ4v) is 1.55. The summed E-state index contributed by atoms with van der Waals surface area (Å²) in [6.45, 7) is 3.95. The minimum Gasteiger partial charge on any atom is -0.211 e. The van der Waals surface area contributed by atoms with Crippen LogP contribution in [0.3, 0.4) is 0 Å². The number of carbonyl (C=O) groups excluding carboxylic acids is 2. The third kappa shape index (κ3) is 2.51. The third-order valence-corrected chi connectivity index (χ3v) is 2.37. The lowest BCUT2D eigenvalue weighted by atomic mass is 10.0. The average Bonchev–Trinajstić information content (AvgIpc) is 2.30. The van der Waals surface area contributed by atoms with Crippen LogP contribution in [-0.4, -0.2) is 12.2 Å². The third-order valence-electron chi connectivity index (χ3n) is 2.37. The first kappa shape index (κ1) is 12.1. The van der Waals surface area contributed by atoms with Crippen molar-refractivity contribution in [3.63, 3.8) is 0 Å². The summed E-state index contributed by atoms with van der Waals surface area (Å²) in [4.78, 5) is 27.7. The summed E-state index contributed by atoms with van der Waals surface area (Å²) in [5.74, 6) is 0. The number of aliphatic imine (C=N–C) groups is 2. The van der Waals surface area contributed by atoms with Crippen molar-refractivity contribution in [2.45, 2.75) is 26.7 Å². The van der Waals surface area contributed by atoms with E-state index < -0.39 is 0 Å². The Labute approximate surface area is 93.7 Å². The van der Waals surface area contributed by atoms with E-state index in [2.05, 4.69) is 9.98 Å². The number of isocyanates is 2. The van der Waals surface area contributed by atoms with Gasteiger partial charge in [-0.2, -0.15) is 9.98 Å². The minimum atomic E-state index is 0.517. The van der Waals surface area contributed by atoms with Gasteiger partial charge in [0.25, 0.3) is 0 Å². The van der Waals surface area contributed by atoms with Crippen molar-refractivity contribution < 1.29 is 9.59 Å². The molecule has 0 aliphatic carbocycles. The van der Waals surface area contributed by atoms with Gasteiger partial charge in [-0.15, -0.1) is 0 Å². The van der Waals surface area contributed by atoms with Gasteiger partial charge in [0.05, 0.1) is 11.4 Å². The monoisotopic (exact) mass is 216 g/mol. The van der Waals surface area contributed by atoms with Crippen molar-refractivity contribution in [3.8, 4) is 0 Å². The molecule has 0 radical (unpaired) electrons. The molecule has 0 N–H and O–H groups in total. The van der Waals surface area contributed by atoms with Crippen LogP contribution in [0.4, 0.5) is 11.4 Å². The van der Waals surface area contributed by atoms with Crippen LogP contribution in [0.5, 0.6) is 0 Å². The molecule has 0 aliphatic rings. The predicted molar refractivity (Wildman–Crippen MR) is 60.8 cm³/mol. The molecule has 0 spiro atoms. The molecule has 4 nitrogen and oxygen atoms in total. The lowest BCUT2D eigenvalue weighted by Crippen LogP contribution is -1.88. The van der Waals surface area contributed by atoms with Gasteiger partial charge in [0.1, 0.15) is 0 Å². The summed E-state index contributed by atoms with van der Waals surface area (Å²) in [5.41, 5.74) is 2.93. The van der Waals surface area contributed by atoms with Crippen LogP contribution < -0.4 is 0 Å². The molecule has 16 heavy (non-hydrogen) atoms. The van der Waals surface area contributed by atoms with E-state index in [0.717, 1.165) is 24.0 Å². The molecular weight excluding hydrogens is 204 g/mol. The second kappa shape index (κ2) is 5.76. The molecule has 0 saturated carbocycles. The summed E-state index contributed by atoms with van der Waals surface area (Å²) in [5, 5.41) is 0. The highest BCUT2D eigenvalue weighted by Crippen LogP contribution is 2.30. The quantitative estimate of drug-likeness (QED) is 0.574. The maximum absolute atomic E-state index is 10.3. The molecule has 0 heterocycles. The highest BCUT2D eigenvalue weighted by molar-refractivity contribution is 5.65. The van der Waals surface area contributed by atoms with Gasteiger partial charge in [0.15, 0.2) is 0 Å². The molecule has 1 aromatic rings. The standard InChI is InChI=1S/C12H12N2O2/c1-3-9-5-10(4-2)12(14-8-16)6-11(9)13-7-15/h5-6H,3-4H2,1-2H3. The minimum absolute atomic E-state index is 0.517. The fraction of sp³-hybridized carbons (Fsp3) is 0.333. The molecule has 1 aromatic carbocycles. The van der Waals surface area contributed by atoms with Crippen LogP contribution in [0.1, 0.15) is 25.0 Å². The number of nitrogens with zero attached hydrogens (tertiary/aromatic N) is 2. The van der Waals surface area contributed by atoms with Gasteiger partial charge in [-0.3, -0.25) is 0 Å². The second-order valence-corrected chi connectivity index (χ2v) is 3.22. The van der Waals surface area contributed by atoms with Crippen molar-refractivity contribution >= 4 is 23.5 Å². The summed E-state index contributed by atoms with van der Waals surface area (Å²) in [7, 11) is 0. The van der Waals surface area contributed by atoms with E-state index in [1.165, 1.54) is 12.2 Å². The Kier molecular flexibility index (Phi) is 4.34. The zero-order valence-corrected chi connectivity index (χ0v) is 9.28. The predicted octanol–water partition coefficient (Wildman–Crippen LogP) is 2.75. The lowest BCUT2D eigenvalue weighted by Gasteiger charge is -2.07. The highest BCUT2D eigenvalue weighted by atomic mass is 16.1. The van der Waals surface area contributed by atoms with Crippen LogP contribution in [0.2, 0.25) is 0 Å². The Morgan fingerprint density at radius 2 is 1.38 bits per heavy atom. The van der Waals surface area contributed by atoms with Crippen molar-refractivity contribution in [1.29, 1.82) is 0 Å². The molecule has 0 amide bonds. The van der Waals surface area contributed by atoms with Gasteiger partial charge in [-0.05, 0) is 30.0 Å². The summed E-state index contributed by atoms with van der Waals surface area (Å²) in [6, 6.07) is 3.53. The smallest absolute Gasteiger partial charge is 0.211 e. The number of rotatable bonds is 4. The number of hydrogen-bond donors (Lipinski definition) is 0. The SMILES string of the molecule is CCc1cc(CC)c(N=C=O)cc1N=C=O. The largest absolute Gasteiger partial charge is 0.240 e. The van der Waals surface area contributed by atoms with Crippen LogP contribution >= 0.6 is 0 Å². The molecule has 0 fully saturated rings. The van der Waals surface area contributed by atoms with Gasteiger partial charge in [0.2, 0.25) is 12.2 Å². The molecule has 0 atom stereocenters. The fourth-order valence-electron chi connectivity index (χ4n) is 1.55. The molecule has 0 unspecified atom stereocenters. The van der Waals surface area contributed by atoms with Crippen molar-refractivity contribution in [3.05, 3.63) is 23.3 Å². The van der Waals surface area contributed by atoms with E-state index in [4.69, 9.17) is 0 Å². The molecule has 0 saturated heterocycles. The molecule has 82 valence electrons. The summed E-state index contributed by atoms with van der Waals surface area (Å²) >= 11 is 0. The topological polar surface area (TPSA) is 58.9 Å². The molecular formula is C12H12N2O2. The van der Waals surface area contributed by atoms with E-state index in [0.29, 0.717) is 11.4 Å². The maximum atomic E-state index is 10.3. The first-order valence-electron chi connectivity index (χ1n) is 5.08. The van der Waals surface area contributed by atoms with Gasteiger partial charge in [-0.25, -0.2) is 9.59 Å². The van der Waals surface area contributed by atoms with Crippen molar-refractivity contribution in [1.82, 2.24) is 0 Å². The molecule has 0 aliphatic heterocycles. The first-order valence-corrected chi connectivity index (χ1v) is 5.08. The molecule has 0 bridgehead atoms. The Morgan fingerprint density at radius 3 is 1.69 bits per heavy atom. The summed E-state index contributed by atoms with van der Waals surface area (Å²) < 4.78 is 0. The van der Waals surface area contributed by atoms with E-state index >= 15 is 0 Å². The first-order chi connectivity index (χ1) is 7.76. The second-order valence-electron chi connectivity index (χ2n) is 3.22. The van der Waals surface area contributed by atoms with Crippen molar-refractivity contribution in [2.75, 3.05) is 0 Å². The van der Waals surface area contributed by atoms with Crippen LogP contribution in [-0.2, 0) is 22.4 Å². The maximum Gasteiger partial charge on any atom is 0.240 e. The number of aryl methyl sites for hydroxylation is 2. The van der Waals surface area contributed by atoms with Crippen LogP contribution in [0, 0.1) is 0 Å². The summed E-state index contributed by atoms with van der Waals surface area (Å²) in [6.07, 6.45) is 4.53. The zero-order valence-electron chi connectivity index (χ0n) is 9.28. The normalized spacial score (nSPS) is 9.12. The zero-order chi connectivity index (χ0) is 12.0.